The molecule has 460 valence electrons. The smallest absolute Gasteiger partial charge is 0.409 e. The Hall–Kier alpha value is -3.72. The van der Waals surface area contributed by atoms with Crippen LogP contribution in [0.1, 0.15) is 138 Å². The number of cyclic esters (lactones) is 1. The highest BCUT2D eigenvalue weighted by Crippen LogP contribution is 2.55. The maximum Gasteiger partial charge on any atom is 0.409 e. The highest BCUT2D eigenvalue weighted by atomic mass is 31.2. The number of fused-ring (bicyclic) bond motifs is 3. The van der Waals surface area contributed by atoms with Crippen LogP contribution in [-0.4, -0.2) is 178 Å². The molecule has 1 saturated carbocycles. The Balaban J connectivity index is 1.61. The number of Topliss-reactive ketones (excluding diaryl/α,β-unsaturated/α-hetero) is 3. The van der Waals surface area contributed by atoms with Crippen molar-refractivity contribution in [3.05, 3.63) is 47.6 Å². The lowest BCUT2D eigenvalue weighted by Gasteiger charge is -2.42. The molecule has 4 rings (SSSR count). The number of amides is 2. The summed E-state index contributed by atoms with van der Waals surface area (Å²) in [6.45, 7) is 12.6. The summed E-state index contributed by atoms with van der Waals surface area (Å²) in [5.41, 5.74) is 1.18. The van der Waals surface area contributed by atoms with E-state index in [1.807, 2.05) is 51.2 Å². The molecule has 0 aromatic rings. The van der Waals surface area contributed by atoms with E-state index in [-0.39, 0.29) is 74.8 Å². The van der Waals surface area contributed by atoms with E-state index in [1.54, 1.807) is 40.9 Å². The number of unbranched alkanes of at least 4 members (excludes halogenated alkanes) is 1. The quantitative estimate of drug-likeness (QED) is 0.0371. The first-order valence-electron chi connectivity index (χ1n) is 28.7. The number of aliphatic hydroxyl groups is 2. The first-order chi connectivity index (χ1) is 37.9. The Morgan fingerprint density at radius 2 is 1.57 bits per heavy atom. The fraction of sp³-hybridized carbons (Fsp3) is 0.759. The third-order valence-electron chi connectivity index (χ3n) is 16.7. The van der Waals surface area contributed by atoms with E-state index < -0.39 is 123 Å². The van der Waals surface area contributed by atoms with Crippen molar-refractivity contribution in [2.75, 3.05) is 53.5 Å². The summed E-state index contributed by atoms with van der Waals surface area (Å²) >= 11 is 0. The minimum Gasteiger partial charge on any atom is -0.460 e. The van der Waals surface area contributed by atoms with Crippen molar-refractivity contribution in [1.29, 1.82) is 0 Å². The number of piperidine rings is 1. The van der Waals surface area contributed by atoms with Gasteiger partial charge < -0.3 is 63.1 Å². The summed E-state index contributed by atoms with van der Waals surface area (Å²) in [5, 5.41) is 23.6. The highest BCUT2D eigenvalue weighted by Gasteiger charge is 2.53. The first kappa shape index (κ1) is 69.8. The number of ketones is 3. The van der Waals surface area contributed by atoms with E-state index in [1.165, 1.54) is 26.2 Å². The lowest BCUT2D eigenvalue weighted by Crippen LogP contribution is -2.61. The van der Waals surface area contributed by atoms with Gasteiger partial charge in [0.15, 0.2) is 5.78 Å². The topological polar surface area (TPSA) is 300 Å². The number of ether oxygens (including phenoxy) is 6. The van der Waals surface area contributed by atoms with Gasteiger partial charge in [-0.1, -0.05) is 71.1 Å². The molecule has 3 aliphatic heterocycles. The monoisotopic (exact) mass is 1180 g/mol. The molecule has 0 aromatic carbocycles. The summed E-state index contributed by atoms with van der Waals surface area (Å²) in [6, 6.07) is -1.23. The van der Waals surface area contributed by atoms with Crippen LogP contribution in [0.4, 0.5) is 4.79 Å². The van der Waals surface area contributed by atoms with Crippen LogP contribution in [0.15, 0.2) is 47.6 Å². The first-order valence-corrected chi connectivity index (χ1v) is 32.5. The normalized spacial score (nSPS) is 35.7. The van der Waals surface area contributed by atoms with Crippen LogP contribution >= 0.6 is 15.0 Å². The van der Waals surface area contributed by atoms with Crippen LogP contribution in [0, 0.1) is 35.5 Å². The van der Waals surface area contributed by atoms with Gasteiger partial charge in [0, 0.05) is 78.2 Å². The average molecular weight is 1190 g/mol. The van der Waals surface area contributed by atoms with Crippen LogP contribution in [0.5, 0.6) is 0 Å². The number of aliphatic hydroxyl groups excluding tert-OH is 1. The van der Waals surface area contributed by atoms with Gasteiger partial charge in [0.2, 0.25) is 13.2 Å². The SMILES string of the molecule is CO[C@H]1C[C@@H]2CC[C@@H](C)[C@@](O)(O2)C(=O)C(=O)N2CCCC[C@H]2C(=O)O[C@H]([C@H](C)C[C@H]2CC[C@@H](OC(=O)N(C)CCCCP(=O)(O)CP(=O)(O)O)[C@H](OC)C2)CC(=O)[C@H](C)/C=C(\C)[C@@H](O)[C@@H](OC)C(=O)[C@H](C)C[C@H](C)/C=C/C=C/C=C/1C. The Kier molecular flexibility index (Phi) is 27.5. The largest absolute Gasteiger partial charge is 0.460 e. The minimum atomic E-state index is -4.68. The van der Waals surface area contributed by atoms with Crippen molar-refractivity contribution < 1.29 is 91.2 Å². The molecule has 23 heteroatoms. The molecule has 2 amide bonds. The number of hydrogen-bond donors (Lipinski definition) is 5. The second kappa shape index (κ2) is 32.0. The molecule has 0 aromatic heterocycles. The number of esters is 1. The zero-order valence-electron chi connectivity index (χ0n) is 49.5. The molecule has 2 saturated heterocycles. The van der Waals surface area contributed by atoms with E-state index in [9.17, 15) is 53.0 Å². The number of hydrogen-bond acceptors (Lipinski definition) is 16. The van der Waals surface area contributed by atoms with E-state index in [2.05, 4.69) is 0 Å². The number of methoxy groups -OCH3 is 3. The van der Waals surface area contributed by atoms with Gasteiger partial charge in [0.1, 0.15) is 42.1 Å². The predicted octanol–water partition coefficient (Wildman–Crippen LogP) is 7.44. The van der Waals surface area contributed by atoms with Crippen molar-refractivity contribution in [3.8, 4) is 0 Å². The van der Waals surface area contributed by atoms with Gasteiger partial charge in [-0.3, -0.25) is 28.3 Å². The van der Waals surface area contributed by atoms with Gasteiger partial charge in [0.05, 0.1) is 18.3 Å². The lowest BCUT2D eigenvalue weighted by molar-refractivity contribution is -0.265. The number of nitrogens with zero attached hydrogens (tertiary/aromatic N) is 2. The lowest BCUT2D eigenvalue weighted by atomic mass is 9.78. The summed E-state index contributed by atoms with van der Waals surface area (Å²) in [7, 11) is -2.82. The van der Waals surface area contributed by atoms with Gasteiger partial charge in [-0.25, -0.2) is 9.59 Å². The Morgan fingerprint density at radius 1 is 0.864 bits per heavy atom. The predicted molar refractivity (Wildman–Crippen MR) is 303 cm³/mol. The summed E-state index contributed by atoms with van der Waals surface area (Å²) in [5.74, 6) is -9.96. The number of allylic oxidation sites excluding steroid dienone is 6. The molecule has 5 N–H and O–H groups in total. The number of carbonyl (C=O) groups is 6. The second-order valence-electron chi connectivity index (χ2n) is 23.5. The molecular formula is C58H94N2O19P2. The van der Waals surface area contributed by atoms with Crippen LogP contribution in [0.25, 0.3) is 0 Å². The molecule has 2 bridgehead atoms. The Bertz CT molecular complexity index is 2370. The molecule has 4 aliphatic rings. The Labute approximate surface area is 479 Å². The molecule has 21 nitrogen and oxygen atoms in total. The fourth-order valence-corrected chi connectivity index (χ4v) is 15.2. The molecule has 81 heavy (non-hydrogen) atoms. The molecule has 1 unspecified atom stereocenters. The van der Waals surface area contributed by atoms with E-state index in [4.69, 9.17) is 38.2 Å². The maximum atomic E-state index is 14.6. The van der Waals surface area contributed by atoms with E-state index >= 15 is 0 Å². The number of rotatable bonds is 14. The molecule has 3 heterocycles. The average Bonchev–Trinajstić information content (AvgIpc) is 3.46. The summed E-state index contributed by atoms with van der Waals surface area (Å²) in [6.07, 6.45) is 8.89. The molecule has 1 aliphatic carbocycles. The van der Waals surface area contributed by atoms with Crippen molar-refractivity contribution in [2.45, 2.75) is 193 Å². The van der Waals surface area contributed by atoms with Crippen LogP contribution in [-0.2, 0) is 61.5 Å². The minimum absolute atomic E-state index is 0.0223. The highest BCUT2D eigenvalue weighted by molar-refractivity contribution is 7.72. The van der Waals surface area contributed by atoms with Crippen molar-refractivity contribution in [3.63, 3.8) is 0 Å². The van der Waals surface area contributed by atoms with Gasteiger partial charge >= 0.3 is 19.7 Å². The van der Waals surface area contributed by atoms with Crippen LogP contribution in [0.2, 0.25) is 0 Å². The third-order valence-corrected chi connectivity index (χ3v) is 20.9. The van der Waals surface area contributed by atoms with Crippen LogP contribution in [0.3, 0.4) is 0 Å². The van der Waals surface area contributed by atoms with Crippen molar-refractivity contribution in [2.24, 2.45) is 35.5 Å². The van der Waals surface area contributed by atoms with Crippen molar-refractivity contribution >= 4 is 50.3 Å². The summed E-state index contributed by atoms with van der Waals surface area (Å²) < 4.78 is 59.1. The maximum absolute atomic E-state index is 14.6. The van der Waals surface area contributed by atoms with Gasteiger partial charge in [-0.2, -0.15) is 0 Å². The second-order valence-corrected chi connectivity index (χ2v) is 28.1. The third kappa shape index (κ3) is 20.8. The summed E-state index contributed by atoms with van der Waals surface area (Å²) in [4.78, 5) is 115. The fourth-order valence-electron chi connectivity index (χ4n) is 11.6. The van der Waals surface area contributed by atoms with E-state index in [0.717, 1.165) is 10.5 Å². The molecule has 3 fully saturated rings. The molecular weight excluding hydrogens is 1090 g/mol. The Morgan fingerprint density at radius 3 is 2.22 bits per heavy atom. The van der Waals surface area contributed by atoms with Gasteiger partial charge in [0.25, 0.3) is 11.7 Å². The van der Waals surface area contributed by atoms with E-state index in [0.29, 0.717) is 63.4 Å². The number of carbonyl (C=O) groups excluding carboxylic acids is 6. The van der Waals surface area contributed by atoms with Gasteiger partial charge in [-0.15, -0.1) is 0 Å². The van der Waals surface area contributed by atoms with Crippen molar-refractivity contribution in [1.82, 2.24) is 9.80 Å². The zero-order chi connectivity index (χ0) is 60.6. The molecule has 16 atom stereocenters. The zero-order valence-corrected chi connectivity index (χ0v) is 51.3. The molecule has 0 spiro atoms. The molecule has 0 radical (unpaired) electrons. The standard InChI is InChI=1S/C58H94N2O19P2/c1-36-19-13-12-14-20-37(2)48(74-9)33-44-24-22-42(7)58(68,79-44)54(64)55(65)60-27-16-15-21-45(60)56(66)77-49(34-46(61)38(3)30-41(6)52(63)53(76-11)51(62)40(5)29-36)39(4)31-43-23-25-47(50(32-43)75-10)78-57(67)59(8)26-17-18-28-80(69,70)35-81(71,72)73/h12-14,19-20,30,36,38-40,42-45,47-50,52-53,63,68H,15-18,21-29,31-35H2,1-11H3,(H,69,70)(H2,71,72,73)/b14-12+,19-13+,37-20+,41-30+/t36-,38-,39-,40-,42-,43-,44+,45+,47-,48+,49+,50-,52-,53+,58-/m1/s1. The van der Waals surface area contributed by atoms with Crippen LogP contribution < -0.4 is 0 Å². The van der Waals surface area contributed by atoms with Gasteiger partial charge in [-0.05, 0) is 120 Å².